The molecule has 0 heterocycles. The van der Waals surface area contributed by atoms with Crippen molar-refractivity contribution in [2.45, 2.75) is 13.5 Å². The molecule has 0 aromatic heterocycles. The van der Waals surface area contributed by atoms with Gasteiger partial charge in [0.1, 0.15) is 6.61 Å². The topological polar surface area (TPSA) is 52.6 Å². The normalized spacial score (nSPS) is 10.5. The van der Waals surface area contributed by atoms with Gasteiger partial charge in [0.2, 0.25) is 0 Å². The Labute approximate surface area is 135 Å². The molecule has 0 fully saturated rings. The van der Waals surface area contributed by atoms with E-state index < -0.39 is 11.9 Å². The fraction of sp³-hybridized carbons (Fsp3) is 0.158. The Balaban J connectivity index is 1.86. The van der Waals surface area contributed by atoms with Crippen molar-refractivity contribution in [3.05, 3.63) is 76.9 Å². The summed E-state index contributed by atoms with van der Waals surface area (Å²) < 4.78 is 9.78. The van der Waals surface area contributed by atoms with Crippen molar-refractivity contribution in [1.82, 2.24) is 0 Å². The van der Waals surface area contributed by atoms with Crippen molar-refractivity contribution in [3.63, 3.8) is 0 Å². The molecule has 2 aromatic rings. The van der Waals surface area contributed by atoms with E-state index in [1.807, 2.05) is 31.2 Å². The number of hydrogen-bond acceptors (Lipinski definition) is 4. The molecule has 2 rings (SSSR count). The third kappa shape index (κ3) is 5.11. The molecule has 0 aliphatic carbocycles. The summed E-state index contributed by atoms with van der Waals surface area (Å²) >= 11 is 0. The third-order valence-electron chi connectivity index (χ3n) is 3.25. The summed E-state index contributed by atoms with van der Waals surface area (Å²) in [5, 5.41) is 0. The third-order valence-corrected chi connectivity index (χ3v) is 3.25. The molecule has 0 aliphatic heterocycles. The van der Waals surface area contributed by atoms with Crippen LogP contribution in [0.25, 0.3) is 6.08 Å². The molecule has 4 heteroatoms. The molecule has 0 saturated carbocycles. The van der Waals surface area contributed by atoms with Gasteiger partial charge in [-0.05, 0) is 36.3 Å². The fourth-order valence-corrected chi connectivity index (χ4v) is 1.90. The van der Waals surface area contributed by atoms with Gasteiger partial charge in [0.25, 0.3) is 0 Å². The lowest BCUT2D eigenvalue weighted by atomic mass is 10.1. The summed E-state index contributed by atoms with van der Waals surface area (Å²) in [6.07, 6.45) is 3.11. The molecule has 0 saturated heterocycles. The first kappa shape index (κ1) is 16.5. The summed E-state index contributed by atoms with van der Waals surface area (Å²) in [5.41, 5.74) is 3.37. The van der Waals surface area contributed by atoms with Crippen LogP contribution >= 0.6 is 0 Å². The number of benzene rings is 2. The van der Waals surface area contributed by atoms with Crippen LogP contribution in [-0.4, -0.2) is 19.0 Å². The average molecular weight is 310 g/mol. The maximum atomic E-state index is 11.7. The van der Waals surface area contributed by atoms with Crippen molar-refractivity contribution in [3.8, 4) is 0 Å². The molecule has 0 spiro atoms. The van der Waals surface area contributed by atoms with E-state index in [1.165, 1.54) is 18.7 Å². The number of hydrogen-bond donors (Lipinski definition) is 0. The smallest absolute Gasteiger partial charge is 0.337 e. The molecule has 0 atom stereocenters. The van der Waals surface area contributed by atoms with Gasteiger partial charge >= 0.3 is 11.9 Å². The molecule has 2 aromatic carbocycles. The number of esters is 2. The maximum absolute atomic E-state index is 11.7. The molecule has 0 aliphatic rings. The van der Waals surface area contributed by atoms with E-state index in [0.29, 0.717) is 5.56 Å². The van der Waals surface area contributed by atoms with Gasteiger partial charge in [0.05, 0.1) is 12.7 Å². The van der Waals surface area contributed by atoms with Gasteiger partial charge in [0.15, 0.2) is 0 Å². The van der Waals surface area contributed by atoms with E-state index in [9.17, 15) is 9.59 Å². The van der Waals surface area contributed by atoms with Gasteiger partial charge in [-0.2, -0.15) is 0 Å². The number of carbonyl (C=O) groups is 2. The van der Waals surface area contributed by atoms with E-state index in [0.717, 1.165) is 11.1 Å². The standard InChI is InChI=1S/C19H18O4/c1-14-3-5-15(6-4-14)9-12-18(20)23-13-16-7-10-17(11-8-16)19(21)22-2/h3-12H,13H2,1-2H3/b12-9+. The Morgan fingerprint density at radius 3 is 2.26 bits per heavy atom. The average Bonchev–Trinajstić information content (AvgIpc) is 2.59. The second-order valence-corrected chi connectivity index (χ2v) is 5.04. The van der Waals surface area contributed by atoms with Crippen LogP contribution in [0.1, 0.15) is 27.0 Å². The lowest BCUT2D eigenvalue weighted by Gasteiger charge is -2.04. The Hall–Kier alpha value is -2.88. The van der Waals surface area contributed by atoms with Crippen LogP contribution in [0.4, 0.5) is 0 Å². The molecule has 4 nitrogen and oxygen atoms in total. The van der Waals surface area contributed by atoms with Gasteiger partial charge in [-0.15, -0.1) is 0 Å². The Kier molecular flexibility index (Phi) is 5.69. The number of methoxy groups -OCH3 is 1. The first-order valence-electron chi connectivity index (χ1n) is 7.17. The van der Waals surface area contributed by atoms with Crippen LogP contribution in [0.5, 0.6) is 0 Å². The molecule has 0 amide bonds. The molecular weight excluding hydrogens is 292 g/mol. The highest BCUT2D eigenvalue weighted by Crippen LogP contribution is 2.08. The molecule has 0 N–H and O–H groups in total. The van der Waals surface area contributed by atoms with E-state index >= 15 is 0 Å². The summed E-state index contributed by atoms with van der Waals surface area (Å²) in [7, 11) is 1.33. The predicted octanol–water partition coefficient (Wildman–Crippen LogP) is 3.54. The summed E-state index contributed by atoms with van der Waals surface area (Å²) in [6.45, 7) is 2.16. The Morgan fingerprint density at radius 1 is 1.00 bits per heavy atom. The van der Waals surface area contributed by atoms with Crippen molar-refractivity contribution in [2.24, 2.45) is 0 Å². The number of rotatable bonds is 5. The van der Waals surface area contributed by atoms with Gasteiger partial charge in [0, 0.05) is 6.08 Å². The fourth-order valence-electron chi connectivity index (χ4n) is 1.90. The molecule has 0 bridgehead atoms. The minimum atomic E-state index is -0.414. The first-order chi connectivity index (χ1) is 11.1. The SMILES string of the molecule is COC(=O)c1ccc(COC(=O)/C=C/c2ccc(C)cc2)cc1. The van der Waals surface area contributed by atoms with Crippen LogP contribution in [-0.2, 0) is 20.9 Å². The van der Waals surface area contributed by atoms with Crippen molar-refractivity contribution in [2.75, 3.05) is 7.11 Å². The molecule has 0 radical (unpaired) electrons. The lowest BCUT2D eigenvalue weighted by molar-refractivity contribution is -0.138. The minimum absolute atomic E-state index is 0.151. The van der Waals surface area contributed by atoms with E-state index in [4.69, 9.17) is 4.74 Å². The van der Waals surface area contributed by atoms with Crippen LogP contribution in [0.2, 0.25) is 0 Å². The molecular formula is C19H18O4. The molecule has 0 unspecified atom stereocenters. The van der Waals surface area contributed by atoms with Crippen LogP contribution in [0, 0.1) is 6.92 Å². The van der Waals surface area contributed by atoms with Gasteiger partial charge in [-0.25, -0.2) is 9.59 Å². The highest BCUT2D eigenvalue weighted by atomic mass is 16.5. The highest BCUT2D eigenvalue weighted by molar-refractivity contribution is 5.89. The van der Waals surface area contributed by atoms with Crippen LogP contribution < -0.4 is 0 Å². The van der Waals surface area contributed by atoms with Crippen LogP contribution in [0.3, 0.4) is 0 Å². The molecule has 118 valence electrons. The summed E-state index contributed by atoms with van der Waals surface area (Å²) in [4.78, 5) is 23.0. The zero-order chi connectivity index (χ0) is 16.7. The lowest BCUT2D eigenvalue weighted by Crippen LogP contribution is -2.03. The number of ether oxygens (including phenoxy) is 2. The van der Waals surface area contributed by atoms with E-state index in [1.54, 1.807) is 30.3 Å². The van der Waals surface area contributed by atoms with Gasteiger partial charge < -0.3 is 9.47 Å². The predicted molar refractivity (Wildman–Crippen MR) is 87.8 cm³/mol. The maximum Gasteiger partial charge on any atom is 0.337 e. The monoisotopic (exact) mass is 310 g/mol. The number of carbonyl (C=O) groups excluding carboxylic acids is 2. The first-order valence-corrected chi connectivity index (χ1v) is 7.17. The van der Waals surface area contributed by atoms with Gasteiger partial charge in [-0.3, -0.25) is 0 Å². The van der Waals surface area contributed by atoms with Crippen molar-refractivity contribution < 1.29 is 19.1 Å². The van der Waals surface area contributed by atoms with E-state index in [2.05, 4.69) is 4.74 Å². The largest absolute Gasteiger partial charge is 0.465 e. The molecule has 23 heavy (non-hydrogen) atoms. The van der Waals surface area contributed by atoms with Crippen molar-refractivity contribution in [1.29, 1.82) is 0 Å². The highest BCUT2D eigenvalue weighted by Gasteiger charge is 2.05. The van der Waals surface area contributed by atoms with Crippen LogP contribution in [0.15, 0.2) is 54.6 Å². The zero-order valence-corrected chi connectivity index (χ0v) is 13.1. The minimum Gasteiger partial charge on any atom is -0.465 e. The summed E-state index contributed by atoms with van der Waals surface area (Å²) in [5.74, 6) is -0.808. The Bertz CT molecular complexity index is 697. The summed E-state index contributed by atoms with van der Waals surface area (Å²) in [6, 6.07) is 14.6. The van der Waals surface area contributed by atoms with E-state index in [-0.39, 0.29) is 6.61 Å². The zero-order valence-electron chi connectivity index (χ0n) is 13.1. The Morgan fingerprint density at radius 2 is 1.65 bits per heavy atom. The van der Waals surface area contributed by atoms with Crippen molar-refractivity contribution >= 4 is 18.0 Å². The number of aryl methyl sites for hydroxylation is 1. The van der Waals surface area contributed by atoms with Gasteiger partial charge in [-0.1, -0.05) is 42.0 Å². The second kappa shape index (κ2) is 7.94. The quantitative estimate of drug-likeness (QED) is 0.626. The second-order valence-electron chi connectivity index (χ2n) is 5.04.